The zero-order chi connectivity index (χ0) is 13.2. The molecular formula is C16H32N2. The molecule has 0 radical (unpaired) electrons. The van der Waals surface area contributed by atoms with Crippen LogP contribution in [0.1, 0.15) is 58.3 Å². The van der Waals surface area contributed by atoms with Crippen LogP contribution in [0, 0.1) is 11.8 Å². The second kappa shape index (κ2) is 5.92. The Labute approximate surface area is 114 Å². The minimum atomic E-state index is 0.413. The highest BCUT2D eigenvalue weighted by Crippen LogP contribution is 2.43. The monoisotopic (exact) mass is 252 g/mol. The van der Waals surface area contributed by atoms with E-state index >= 15 is 0 Å². The van der Waals surface area contributed by atoms with E-state index < -0.39 is 0 Å². The molecule has 18 heavy (non-hydrogen) atoms. The predicted octanol–water partition coefficient (Wildman–Crippen LogP) is 3.28. The third-order valence-electron chi connectivity index (χ3n) is 5.79. The lowest BCUT2D eigenvalue weighted by atomic mass is 9.68. The van der Waals surface area contributed by atoms with Crippen molar-refractivity contribution in [2.75, 3.05) is 21.1 Å². The highest BCUT2D eigenvalue weighted by atomic mass is 15.2. The van der Waals surface area contributed by atoms with Gasteiger partial charge in [-0.25, -0.2) is 0 Å². The van der Waals surface area contributed by atoms with Crippen molar-refractivity contribution in [3.05, 3.63) is 0 Å². The van der Waals surface area contributed by atoms with Crippen molar-refractivity contribution in [2.45, 2.75) is 69.9 Å². The fourth-order valence-electron chi connectivity index (χ4n) is 4.53. The summed E-state index contributed by atoms with van der Waals surface area (Å²) in [5.74, 6) is 1.84. The third-order valence-corrected chi connectivity index (χ3v) is 5.79. The Morgan fingerprint density at radius 3 is 2.06 bits per heavy atom. The van der Waals surface area contributed by atoms with Gasteiger partial charge in [-0.2, -0.15) is 0 Å². The van der Waals surface area contributed by atoms with E-state index in [1.165, 1.54) is 51.4 Å². The normalized spacial score (nSPS) is 36.2. The zero-order valence-electron chi connectivity index (χ0n) is 12.8. The lowest BCUT2D eigenvalue weighted by molar-refractivity contribution is 0.0248. The van der Waals surface area contributed by atoms with Crippen LogP contribution in [-0.4, -0.2) is 37.6 Å². The van der Waals surface area contributed by atoms with E-state index in [1.54, 1.807) is 0 Å². The number of hydrogen-bond donors (Lipinski definition) is 1. The van der Waals surface area contributed by atoms with Crippen LogP contribution < -0.4 is 5.32 Å². The van der Waals surface area contributed by atoms with E-state index in [1.807, 2.05) is 0 Å². The maximum Gasteiger partial charge on any atom is 0.0359 e. The van der Waals surface area contributed by atoms with Gasteiger partial charge in [0, 0.05) is 11.6 Å². The van der Waals surface area contributed by atoms with Gasteiger partial charge in [0.05, 0.1) is 0 Å². The van der Waals surface area contributed by atoms with Gasteiger partial charge in [-0.05, 0) is 71.5 Å². The molecule has 0 aromatic carbocycles. The van der Waals surface area contributed by atoms with E-state index in [-0.39, 0.29) is 0 Å². The van der Waals surface area contributed by atoms with Gasteiger partial charge in [0.15, 0.2) is 0 Å². The maximum absolute atomic E-state index is 3.71. The molecule has 2 rings (SSSR count). The second-order valence-electron chi connectivity index (χ2n) is 6.99. The van der Waals surface area contributed by atoms with E-state index in [4.69, 9.17) is 0 Å². The Morgan fingerprint density at radius 1 is 1.06 bits per heavy atom. The molecule has 0 bridgehead atoms. The molecule has 0 aromatic rings. The van der Waals surface area contributed by atoms with Gasteiger partial charge in [-0.1, -0.05) is 19.8 Å². The van der Waals surface area contributed by atoms with Crippen molar-refractivity contribution >= 4 is 0 Å². The Balaban J connectivity index is 2.16. The first-order valence-corrected chi connectivity index (χ1v) is 7.95. The lowest BCUT2D eigenvalue weighted by Gasteiger charge is -2.51. The van der Waals surface area contributed by atoms with Gasteiger partial charge in [0.2, 0.25) is 0 Å². The summed E-state index contributed by atoms with van der Waals surface area (Å²) in [5, 5.41) is 3.71. The lowest BCUT2D eigenvalue weighted by Crippen LogP contribution is -2.62. The highest BCUT2D eigenvalue weighted by molar-refractivity contribution is 5.04. The van der Waals surface area contributed by atoms with Gasteiger partial charge in [-0.3, -0.25) is 0 Å². The first-order chi connectivity index (χ1) is 8.60. The molecule has 106 valence electrons. The van der Waals surface area contributed by atoms with Crippen molar-refractivity contribution in [1.29, 1.82) is 0 Å². The minimum absolute atomic E-state index is 0.413. The van der Waals surface area contributed by atoms with Gasteiger partial charge in [0.1, 0.15) is 0 Å². The van der Waals surface area contributed by atoms with Crippen LogP contribution in [0.2, 0.25) is 0 Å². The van der Waals surface area contributed by atoms with Gasteiger partial charge in [-0.15, -0.1) is 0 Å². The average molecular weight is 252 g/mol. The molecule has 2 aliphatic rings. The molecule has 0 heterocycles. The summed E-state index contributed by atoms with van der Waals surface area (Å²) in [6.45, 7) is 2.42. The second-order valence-corrected chi connectivity index (χ2v) is 6.99. The van der Waals surface area contributed by atoms with E-state index in [0.717, 1.165) is 11.8 Å². The largest absolute Gasteiger partial charge is 0.315 e. The molecule has 0 spiro atoms. The quantitative estimate of drug-likeness (QED) is 0.826. The zero-order valence-corrected chi connectivity index (χ0v) is 12.8. The molecule has 2 saturated carbocycles. The minimum Gasteiger partial charge on any atom is -0.315 e. The summed E-state index contributed by atoms with van der Waals surface area (Å²) < 4.78 is 0. The molecule has 0 amide bonds. The fourth-order valence-corrected chi connectivity index (χ4v) is 4.53. The SMILES string of the molecule is CNC(C1CCCC1)C1(N(C)C)CCC(C)CC1. The summed E-state index contributed by atoms with van der Waals surface area (Å²) in [7, 11) is 6.79. The smallest absolute Gasteiger partial charge is 0.0359 e. The Kier molecular flexibility index (Phi) is 4.71. The Bertz CT molecular complexity index is 248. The number of nitrogens with one attached hydrogen (secondary N) is 1. The topological polar surface area (TPSA) is 15.3 Å². The number of rotatable bonds is 4. The van der Waals surface area contributed by atoms with Gasteiger partial charge < -0.3 is 10.2 Å². The summed E-state index contributed by atoms with van der Waals surface area (Å²) in [6, 6.07) is 0.697. The van der Waals surface area contributed by atoms with Crippen LogP contribution in [0.25, 0.3) is 0 Å². The molecule has 1 N–H and O–H groups in total. The van der Waals surface area contributed by atoms with Crippen LogP contribution in [0.15, 0.2) is 0 Å². The van der Waals surface area contributed by atoms with E-state index in [2.05, 4.69) is 38.3 Å². The third kappa shape index (κ3) is 2.60. The van der Waals surface area contributed by atoms with Crippen molar-refractivity contribution in [1.82, 2.24) is 10.2 Å². The summed E-state index contributed by atoms with van der Waals surface area (Å²) in [4.78, 5) is 2.54. The number of hydrogen-bond acceptors (Lipinski definition) is 2. The van der Waals surface area contributed by atoms with Crippen LogP contribution in [-0.2, 0) is 0 Å². The van der Waals surface area contributed by atoms with Gasteiger partial charge in [0.25, 0.3) is 0 Å². The molecule has 0 aromatic heterocycles. The van der Waals surface area contributed by atoms with E-state index in [0.29, 0.717) is 11.6 Å². The summed E-state index contributed by atoms with van der Waals surface area (Å²) in [5.41, 5.74) is 0.413. The van der Waals surface area contributed by atoms with Crippen LogP contribution >= 0.6 is 0 Å². The number of nitrogens with zero attached hydrogens (tertiary/aromatic N) is 1. The summed E-state index contributed by atoms with van der Waals surface area (Å²) >= 11 is 0. The molecule has 2 fully saturated rings. The molecular weight excluding hydrogens is 220 g/mol. The van der Waals surface area contributed by atoms with Crippen molar-refractivity contribution in [3.8, 4) is 0 Å². The standard InChI is InChI=1S/C16H32N2/c1-13-9-11-16(12-10-13,18(3)4)15(17-2)14-7-5-6-8-14/h13-15,17H,5-12H2,1-4H3. The molecule has 0 saturated heterocycles. The van der Waals surface area contributed by atoms with Crippen LogP contribution in [0.4, 0.5) is 0 Å². The van der Waals surface area contributed by atoms with Crippen molar-refractivity contribution < 1.29 is 0 Å². The van der Waals surface area contributed by atoms with Gasteiger partial charge >= 0.3 is 0 Å². The Morgan fingerprint density at radius 2 is 1.61 bits per heavy atom. The molecule has 1 atom stereocenters. The maximum atomic E-state index is 3.71. The van der Waals surface area contributed by atoms with E-state index in [9.17, 15) is 0 Å². The Hall–Kier alpha value is -0.0800. The van der Waals surface area contributed by atoms with Crippen molar-refractivity contribution in [3.63, 3.8) is 0 Å². The molecule has 0 aliphatic heterocycles. The molecule has 2 heteroatoms. The molecule has 2 nitrogen and oxygen atoms in total. The first-order valence-electron chi connectivity index (χ1n) is 7.95. The molecule has 1 unspecified atom stereocenters. The first kappa shape index (κ1) is 14.3. The summed E-state index contributed by atoms with van der Waals surface area (Å²) in [6.07, 6.45) is 11.3. The average Bonchev–Trinajstić information content (AvgIpc) is 2.86. The predicted molar refractivity (Wildman–Crippen MR) is 78.9 cm³/mol. The fraction of sp³-hybridized carbons (Fsp3) is 1.00. The van der Waals surface area contributed by atoms with Crippen LogP contribution in [0.3, 0.4) is 0 Å². The van der Waals surface area contributed by atoms with Crippen molar-refractivity contribution in [2.24, 2.45) is 11.8 Å². The molecule has 2 aliphatic carbocycles. The highest BCUT2D eigenvalue weighted by Gasteiger charge is 2.45. The number of likely N-dealkylation sites (N-methyl/N-ethyl adjacent to an activating group) is 2. The van der Waals surface area contributed by atoms with Crippen LogP contribution in [0.5, 0.6) is 0 Å².